The highest BCUT2D eigenvalue weighted by Gasteiger charge is 2.17. The summed E-state index contributed by atoms with van der Waals surface area (Å²) in [6.45, 7) is 11.3. The summed E-state index contributed by atoms with van der Waals surface area (Å²) in [5.74, 6) is 0. The van der Waals surface area contributed by atoms with Crippen LogP contribution < -0.4 is 5.73 Å². The van der Waals surface area contributed by atoms with Gasteiger partial charge in [-0.15, -0.1) is 0 Å². The van der Waals surface area contributed by atoms with Crippen molar-refractivity contribution in [2.45, 2.75) is 52.4 Å². The molecular formula is C16H27NO2. The molecule has 19 heavy (non-hydrogen) atoms. The first-order chi connectivity index (χ1) is 8.79. The monoisotopic (exact) mass is 265 g/mol. The third kappa shape index (κ3) is 6.19. The first-order valence-corrected chi connectivity index (χ1v) is 6.87. The van der Waals surface area contributed by atoms with Crippen LogP contribution in [0.1, 0.15) is 44.9 Å². The van der Waals surface area contributed by atoms with Crippen molar-refractivity contribution < 1.29 is 9.47 Å². The fourth-order valence-electron chi connectivity index (χ4n) is 1.83. The molecule has 2 unspecified atom stereocenters. The highest BCUT2D eigenvalue weighted by atomic mass is 16.5. The van der Waals surface area contributed by atoms with E-state index in [0.29, 0.717) is 13.2 Å². The van der Waals surface area contributed by atoms with Crippen LogP contribution in [0.5, 0.6) is 0 Å². The molecule has 0 heterocycles. The van der Waals surface area contributed by atoms with Crippen LogP contribution in [0.25, 0.3) is 0 Å². The van der Waals surface area contributed by atoms with Gasteiger partial charge in [-0.25, -0.2) is 0 Å². The van der Waals surface area contributed by atoms with Gasteiger partial charge in [-0.1, -0.05) is 29.8 Å². The minimum Gasteiger partial charge on any atom is -0.373 e. The van der Waals surface area contributed by atoms with Gasteiger partial charge < -0.3 is 15.2 Å². The summed E-state index contributed by atoms with van der Waals surface area (Å²) in [7, 11) is 0. The van der Waals surface area contributed by atoms with Crippen LogP contribution in [0.3, 0.4) is 0 Å². The smallest absolute Gasteiger partial charge is 0.0974 e. The Hall–Kier alpha value is -0.900. The molecule has 0 aliphatic carbocycles. The third-order valence-electron chi connectivity index (χ3n) is 2.80. The van der Waals surface area contributed by atoms with Crippen LogP contribution in [0.2, 0.25) is 0 Å². The zero-order chi connectivity index (χ0) is 14.5. The third-order valence-corrected chi connectivity index (χ3v) is 2.80. The van der Waals surface area contributed by atoms with Gasteiger partial charge in [0, 0.05) is 6.04 Å². The van der Waals surface area contributed by atoms with Gasteiger partial charge in [0.1, 0.15) is 0 Å². The molecular weight excluding hydrogens is 238 g/mol. The quantitative estimate of drug-likeness (QED) is 0.803. The minimum absolute atomic E-state index is 0.0441. The minimum atomic E-state index is -0.128. The van der Waals surface area contributed by atoms with Crippen LogP contribution in [-0.4, -0.2) is 24.9 Å². The van der Waals surface area contributed by atoms with Gasteiger partial charge in [0.2, 0.25) is 0 Å². The highest BCUT2D eigenvalue weighted by molar-refractivity contribution is 5.24. The lowest BCUT2D eigenvalue weighted by Crippen LogP contribution is -2.29. The average Bonchev–Trinajstić information content (AvgIpc) is 2.29. The van der Waals surface area contributed by atoms with Crippen molar-refractivity contribution in [3.8, 4) is 0 Å². The van der Waals surface area contributed by atoms with Gasteiger partial charge in [0.25, 0.3) is 0 Å². The van der Waals surface area contributed by atoms with E-state index in [1.165, 1.54) is 5.56 Å². The summed E-state index contributed by atoms with van der Waals surface area (Å²) in [5.41, 5.74) is 8.24. The van der Waals surface area contributed by atoms with Crippen LogP contribution in [0.4, 0.5) is 0 Å². The lowest BCUT2D eigenvalue weighted by Gasteiger charge is -2.24. The number of nitrogens with two attached hydrogens (primary N) is 1. The van der Waals surface area contributed by atoms with E-state index in [4.69, 9.17) is 15.2 Å². The first kappa shape index (κ1) is 16.2. The molecule has 1 rings (SSSR count). The maximum atomic E-state index is 6.01. The van der Waals surface area contributed by atoms with Gasteiger partial charge in [-0.2, -0.15) is 0 Å². The van der Waals surface area contributed by atoms with Crippen molar-refractivity contribution in [2.24, 2.45) is 5.73 Å². The number of rotatable bonds is 6. The summed E-state index contributed by atoms with van der Waals surface area (Å²) in [6.07, 6.45) is -0.0795. The van der Waals surface area contributed by atoms with Crippen molar-refractivity contribution >= 4 is 0 Å². The molecule has 0 aliphatic rings. The predicted molar refractivity (Wildman–Crippen MR) is 79.2 cm³/mol. The van der Waals surface area contributed by atoms with E-state index in [0.717, 1.165) is 5.56 Å². The van der Waals surface area contributed by atoms with Gasteiger partial charge in [-0.05, 0) is 40.2 Å². The summed E-state index contributed by atoms with van der Waals surface area (Å²) in [4.78, 5) is 0. The maximum Gasteiger partial charge on any atom is 0.0974 e. The summed E-state index contributed by atoms with van der Waals surface area (Å²) in [6, 6.07) is 8.28. The molecule has 108 valence electrons. The summed E-state index contributed by atoms with van der Waals surface area (Å²) < 4.78 is 11.5. The van der Waals surface area contributed by atoms with E-state index < -0.39 is 0 Å². The van der Waals surface area contributed by atoms with Crippen LogP contribution in [0.15, 0.2) is 24.3 Å². The Balaban J connectivity index is 2.52. The molecule has 0 aromatic heterocycles. The van der Waals surface area contributed by atoms with Crippen LogP contribution in [0, 0.1) is 6.92 Å². The van der Waals surface area contributed by atoms with E-state index in [1.807, 2.05) is 27.7 Å². The van der Waals surface area contributed by atoms with Crippen LogP contribution in [-0.2, 0) is 9.47 Å². The normalized spacial score (nSPS) is 15.3. The zero-order valence-electron chi connectivity index (χ0n) is 12.8. The molecule has 0 saturated carbocycles. The molecule has 0 saturated heterocycles. The fraction of sp³-hybridized carbons (Fsp3) is 0.625. The Labute approximate surface area is 117 Å². The maximum absolute atomic E-state index is 6.01. The van der Waals surface area contributed by atoms with E-state index >= 15 is 0 Å². The SMILES string of the molecule is Cc1ccc(C(OCCOC(C)(C)C)C(C)N)cc1. The molecule has 0 spiro atoms. The topological polar surface area (TPSA) is 44.5 Å². The van der Waals surface area contributed by atoms with Crippen molar-refractivity contribution in [1.29, 1.82) is 0 Å². The number of benzene rings is 1. The van der Waals surface area contributed by atoms with Crippen LogP contribution >= 0.6 is 0 Å². The fourth-order valence-corrected chi connectivity index (χ4v) is 1.83. The molecule has 0 fully saturated rings. The van der Waals surface area contributed by atoms with E-state index in [1.54, 1.807) is 0 Å². The second-order valence-corrected chi connectivity index (χ2v) is 6.02. The van der Waals surface area contributed by atoms with Crippen molar-refractivity contribution in [2.75, 3.05) is 13.2 Å². The second-order valence-electron chi connectivity index (χ2n) is 6.02. The Kier molecular flexibility index (Phi) is 5.98. The second kappa shape index (κ2) is 7.04. The number of hydrogen-bond acceptors (Lipinski definition) is 3. The van der Waals surface area contributed by atoms with Gasteiger partial charge >= 0.3 is 0 Å². The molecule has 0 radical (unpaired) electrons. The molecule has 0 bridgehead atoms. The van der Waals surface area contributed by atoms with Crippen molar-refractivity contribution in [1.82, 2.24) is 0 Å². The summed E-state index contributed by atoms with van der Waals surface area (Å²) in [5, 5.41) is 0. The first-order valence-electron chi connectivity index (χ1n) is 6.87. The van der Waals surface area contributed by atoms with E-state index in [2.05, 4.69) is 31.2 Å². The lowest BCUT2D eigenvalue weighted by atomic mass is 10.0. The Morgan fingerprint density at radius 3 is 2.16 bits per heavy atom. The van der Waals surface area contributed by atoms with Gasteiger partial charge in [0.05, 0.1) is 24.9 Å². The molecule has 2 N–H and O–H groups in total. The number of ether oxygens (including phenoxy) is 2. The number of aryl methyl sites for hydroxylation is 1. The molecule has 1 aromatic carbocycles. The molecule has 0 aliphatic heterocycles. The predicted octanol–water partition coefficient (Wildman–Crippen LogP) is 3.22. The Morgan fingerprint density at radius 1 is 1.11 bits per heavy atom. The molecule has 3 nitrogen and oxygen atoms in total. The molecule has 2 atom stereocenters. The highest BCUT2D eigenvalue weighted by Crippen LogP contribution is 2.21. The van der Waals surface area contributed by atoms with E-state index in [-0.39, 0.29) is 17.7 Å². The average molecular weight is 265 g/mol. The molecule has 1 aromatic rings. The number of hydrogen-bond donors (Lipinski definition) is 1. The zero-order valence-corrected chi connectivity index (χ0v) is 12.8. The largest absolute Gasteiger partial charge is 0.373 e. The Morgan fingerprint density at radius 2 is 1.68 bits per heavy atom. The Bertz CT molecular complexity index is 365. The summed E-state index contributed by atoms with van der Waals surface area (Å²) >= 11 is 0. The van der Waals surface area contributed by atoms with Gasteiger partial charge in [0.15, 0.2) is 0 Å². The lowest BCUT2D eigenvalue weighted by molar-refractivity contribution is -0.0558. The molecule has 0 amide bonds. The van der Waals surface area contributed by atoms with Crippen molar-refractivity contribution in [3.63, 3.8) is 0 Å². The van der Waals surface area contributed by atoms with Gasteiger partial charge in [-0.3, -0.25) is 0 Å². The standard InChI is InChI=1S/C16H27NO2/c1-12-6-8-14(9-7-12)15(13(2)17)18-10-11-19-16(3,4)5/h6-9,13,15H,10-11,17H2,1-5H3. The van der Waals surface area contributed by atoms with E-state index in [9.17, 15) is 0 Å². The molecule has 3 heteroatoms. The van der Waals surface area contributed by atoms with Crippen molar-refractivity contribution in [3.05, 3.63) is 35.4 Å².